The lowest BCUT2D eigenvalue weighted by molar-refractivity contribution is 0.0600. The number of aryl methyl sites for hydroxylation is 1. The highest BCUT2D eigenvalue weighted by Crippen LogP contribution is 2.27. The smallest absolute Gasteiger partial charge is 0.339 e. The Labute approximate surface area is 155 Å². The summed E-state index contributed by atoms with van der Waals surface area (Å²) in [4.78, 5) is 15.8. The Morgan fingerprint density at radius 3 is 2.46 bits per heavy atom. The number of thiazole rings is 1. The van der Waals surface area contributed by atoms with E-state index in [1.54, 1.807) is 24.3 Å². The second-order valence-corrected chi connectivity index (χ2v) is 7.78. The number of hydrogen-bond acceptors (Lipinski definition) is 7. The third kappa shape index (κ3) is 3.92. The van der Waals surface area contributed by atoms with Gasteiger partial charge in [0.2, 0.25) is 0 Å². The standard InChI is InChI=1S/C18H15NO5S2/c1-12-11-25-17(19-12)13-6-8-15(9-7-13)24-26(21,22)16-5-3-4-14(10-16)18(20)23-2/h3-11H,1-2H3. The molecule has 8 heteroatoms. The van der Waals surface area contributed by atoms with E-state index in [1.807, 2.05) is 12.3 Å². The lowest BCUT2D eigenvalue weighted by Crippen LogP contribution is -2.11. The first-order chi connectivity index (χ1) is 12.4. The van der Waals surface area contributed by atoms with Crippen LogP contribution in [0.4, 0.5) is 0 Å². The molecular formula is C18H15NO5S2. The van der Waals surface area contributed by atoms with Gasteiger partial charge in [-0.2, -0.15) is 8.42 Å². The second-order valence-electron chi connectivity index (χ2n) is 5.38. The van der Waals surface area contributed by atoms with Gasteiger partial charge in [-0.05, 0) is 49.4 Å². The lowest BCUT2D eigenvalue weighted by atomic mass is 10.2. The quantitative estimate of drug-likeness (QED) is 0.489. The first kappa shape index (κ1) is 18.1. The molecule has 134 valence electrons. The van der Waals surface area contributed by atoms with Crippen LogP contribution < -0.4 is 4.18 Å². The van der Waals surface area contributed by atoms with Crippen LogP contribution in [0.25, 0.3) is 10.6 Å². The molecule has 0 radical (unpaired) electrons. The van der Waals surface area contributed by atoms with Crippen molar-refractivity contribution < 1.29 is 22.1 Å². The Morgan fingerprint density at radius 2 is 1.85 bits per heavy atom. The molecule has 0 amide bonds. The first-order valence-electron chi connectivity index (χ1n) is 7.54. The highest BCUT2D eigenvalue weighted by Gasteiger charge is 2.19. The Morgan fingerprint density at radius 1 is 1.12 bits per heavy atom. The van der Waals surface area contributed by atoms with E-state index in [0.29, 0.717) is 0 Å². The molecule has 0 saturated carbocycles. The van der Waals surface area contributed by atoms with Gasteiger partial charge in [0.15, 0.2) is 0 Å². The molecule has 3 rings (SSSR count). The maximum absolute atomic E-state index is 12.4. The number of esters is 1. The van der Waals surface area contributed by atoms with E-state index in [9.17, 15) is 13.2 Å². The SMILES string of the molecule is COC(=O)c1cccc(S(=O)(=O)Oc2ccc(-c3nc(C)cs3)cc2)c1. The van der Waals surface area contributed by atoms with Crippen LogP contribution >= 0.6 is 11.3 Å². The number of aromatic nitrogens is 1. The third-order valence-electron chi connectivity index (χ3n) is 3.47. The molecule has 0 N–H and O–H groups in total. The average molecular weight is 389 g/mol. The molecule has 0 spiro atoms. The van der Waals surface area contributed by atoms with E-state index in [4.69, 9.17) is 4.18 Å². The van der Waals surface area contributed by atoms with E-state index < -0.39 is 16.1 Å². The van der Waals surface area contributed by atoms with Gasteiger partial charge in [0.05, 0.1) is 12.7 Å². The van der Waals surface area contributed by atoms with Crippen molar-refractivity contribution in [1.29, 1.82) is 0 Å². The van der Waals surface area contributed by atoms with Crippen molar-refractivity contribution >= 4 is 27.4 Å². The van der Waals surface area contributed by atoms with Crippen LogP contribution in [0.2, 0.25) is 0 Å². The number of carbonyl (C=O) groups is 1. The molecule has 3 aromatic rings. The van der Waals surface area contributed by atoms with Crippen LogP contribution in [0.3, 0.4) is 0 Å². The molecular weight excluding hydrogens is 374 g/mol. The van der Waals surface area contributed by atoms with Gasteiger partial charge in [-0.15, -0.1) is 11.3 Å². The highest BCUT2D eigenvalue weighted by molar-refractivity contribution is 7.87. The van der Waals surface area contributed by atoms with Crippen LogP contribution in [0.5, 0.6) is 5.75 Å². The van der Waals surface area contributed by atoms with Gasteiger partial charge in [0.25, 0.3) is 0 Å². The summed E-state index contributed by atoms with van der Waals surface area (Å²) >= 11 is 1.51. The van der Waals surface area contributed by atoms with Crippen molar-refractivity contribution in [3.05, 3.63) is 65.2 Å². The molecule has 0 saturated heterocycles. The van der Waals surface area contributed by atoms with Crippen molar-refractivity contribution in [2.24, 2.45) is 0 Å². The predicted octanol–water partition coefficient (Wildman–Crippen LogP) is 3.67. The molecule has 0 aliphatic rings. The molecule has 26 heavy (non-hydrogen) atoms. The highest BCUT2D eigenvalue weighted by atomic mass is 32.2. The molecule has 0 atom stereocenters. The summed E-state index contributed by atoms with van der Waals surface area (Å²) in [6.07, 6.45) is 0. The van der Waals surface area contributed by atoms with Crippen LogP contribution in [-0.4, -0.2) is 26.5 Å². The molecule has 0 bridgehead atoms. The minimum Gasteiger partial charge on any atom is -0.465 e. The van der Waals surface area contributed by atoms with Gasteiger partial charge < -0.3 is 8.92 Å². The van der Waals surface area contributed by atoms with Crippen molar-refractivity contribution in [1.82, 2.24) is 4.98 Å². The minimum atomic E-state index is -4.07. The van der Waals surface area contributed by atoms with E-state index in [0.717, 1.165) is 16.3 Å². The average Bonchev–Trinajstić information content (AvgIpc) is 3.08. The van der Waals surface area contributed by atoms with Gasteiger partial charge in [0.1, 0.15) is 15.7 Å². The molecule has 0 aliphatic heterocycles. The van der Waals surface area contributed by atoms with Crippen molar-refractivity contribution in [3.63, 3.8) is 0 Å². The summed E-state index contributed by atoms with van der Waals surface area (Å²) in [7, 11) is -2.84. The zero-order valence-corrected chi connectivity index (χ0v) is 15.6. The van der Waals surface area contributed by atoms with Gasteiger partial charge in [-0.3, -0.25) is 0 Å². The van der Waals surface area contributed by atoms with Crippen LogP contribution in [0, 0.1) is 6.92 Å². The van der Waals surface area contributed by atoms with Crippen LogP contribution in [0.15, 0.2) is 58.8 Å². The lowest BCUT2D eigenvalue weighted by Gasteiger charge is -2.08. The largest absolute Gasteiger partial charge is 0.465 e. The number of ether oxygens (including phenoxy) is 1. The number of benzene rings is 2. The van der Waals surface area contributed by atoms with Gasteiger partial charge in [-0.25, -0.2) is 9.78 Å². The maximum atomic E-state index is 12.4. The summed E-state index contributed by atoms with van der Waals surface area (Å²) < 4.78 is 34.6. The Hall–Kier alpha value is -2.71. The molecule has 2 aromatic carbocycles. The van der Waals surface area contributed by atoms with E-state index in [1.165, 1.54) is 42.7 Å². The molecule has 0 fully saturated rings. The monoisotopic (exact) mass is 389 g/mol. The number of rotatable bonds is 5. The molecule has 6 nitrogen and oxygen atoms in total. The topological polar surface area (TPSA) is 82.6 Å². The number of nitrogens with zero attached hydrogens (tertiary/aromatic N) is 1. The van der Waals surface area contributed by atoms with Crippen LogP contribution in [0.1, 0.15) is 16.1 Å². The summed E-state index contributed by atoms with van der Waals surface area (Å²) in [5.74, 6) is -0.448. The molecule has 0 aliphatic carbocycles. The van der Waals surface area contributed by atoms with Crippen LogP contribution in [-0.2, 0) is 14.9 Å². The molecule has 0 unspecified atom stereocenters. The van der Waals surface area contributed by atoms with Crippen molar-refractivity contribution in [2.45, 2.75) is 11.8 Å². The first-order valence-corrected chi connectivity index (χ1v) is 9.83. The van der Waals surface area contributed by atoms with Crippen molar-refractivity contribution in [3.8, 4) is 16.3 Å². The Kier molecular flexibility index (Phi) is 5.06. The predicted molar refractivity (Wildman–Crippen MR) is 97.9 cm³/mol. The summed E-state index contributed by atoms with van der Waals surface area (Å²) in [6.45, 7) is 1.91. The zero-order valence-electron chi connectivity index (χ0n) is 14.0. The molecule has 1 heterocycles. The summed E-state index contributed by atoms with van der Waals surface area (Å²) in [5.41, 5.74) is 1.94. The van der Waals surface area contributed by atoms with E-state index >= 15 is 0 Å². The number of carbonyl (C=O) groups excluding carboxylic acids is 1. The normalized spacial score (nSPS) is 11.2. The van der Waals surface area contributed by atoms with Crippen molar-refractivity contribution in [2.75, 3.05) is 7.11 Å². The Balaban J connectivity index is 1.82. The fourth-order valence-electron chi connectivity index (χ4n) is 2.21. The fraction of sp³-hybridized carbons (Fsp3) is 0.111. The number of methoxy groups -OCH3 is 1. The minimum absolute atomic E-state index is 0.125. The van der Waals surface area contributed by atoms with Gasteiger partial charge in [0, 0.05) is 16.6 Å². The van der Waals surface area contributed by atoms with E-state index in [-0.39, 0.29) is 16.2 Å². The number of hydrogen-bond donors (Lipinski definition) is 0. The molecule has 1 aromatic heterocycles. The summed E-state index contributed by atoms with van der Waals surface area (Å²) in [5, 5.41) is 2.79. The summed E-state index contributed by atoms with van der Waals surface area (Å²) in [6, 6.07) is 12.1. The fourth-order valence-corrected chi connectivity index (χ4v) is 3.99. The van der Waals surface area contributed by atoms with E-state index in [2.05, 4.69) is 9.72 Å². The maximum Gasteiger partial charge on any atom is 0.339 e. The second kappa shape index (κ2) is 7.27. The van der Waals surface area contributed by atoms with Gasteiger partial charge in [-0.1, -0.05) is 6.07 Å². The zero-order chi connectivity index (χ0) is 18.7. The van der Waals surface area contributed by atoms with Gasteiger partial charge >= 0.3 is 16.1 Å². The Bertz CT molecular complexity index is 1040. The third-order valence-corrected chi connectivity index (χ3v) is 5.72.